The van der Waals surface area contributed by atoms with E-state index in [9.17, 15) is 31.2 Å². The molecular weight excluding hydrogens is 1130 g/mol. The number of ether oxygens (including phenoxy) is 3. The first-order valence-electron chi connectivity index (χ1n) is 25.0. The first-order valence-corrected chi connectivity index (χ1v) is 30.0. The van der Waals surface area contributed by atoms with Crippen LogP contribution in [0.1, 0.15) is 84.3 Å². The van der Waals surface area contributed by atoms with Gasteiger partial charge in [-0.1, -0.05) is 29.8 Å². The van der Waals surface area contributed by atoms with Gasteiger partial charge >= 0.3 is 6.09 Å². The first kappa shape index (κ1) is 62.3. The van der Waals surface area contributed by atoms with E-state index in [2.05, 4.69) is 50.8 Å². The van der Waals surface area contributed by atoms with Crippen molar-refractivity contribution in [1.82, 2.24) is 53.7 Å². The number of hydrogen-bond donors (Lipinski definition) is 6. The Hall–Kier alpha value is -5.52. The Kier molecular flexibility index (Phi) is 22.2. The molecule has 6 aromatic rings. The minimum atomic E-state index is -3.95. The summed E-state index contributed by atoms with van der Waals surface area (Å²) in [5.74, 6) is 2.51. The third-order valence-corrected chi connectivity index (χ3v) is 14.6. The molecule has 0 unspecified atom stereocenters. The second-order valence-electron chi connectivity index (χ2n) is 18.8. The fourth-order valence-corrected chi connectivity index (χ4v) is 10.0. The number of likely N-dealkylation sites (tertiary alicyclic amines) is 2. The Bertz CT molecular complexity index is 3330. The maximum atomic E-state index is 13.0. The number of aliphatic hydroxyl groups is 2. The maximum Gasteiger partial charge on any atom is 0.410 e. The number of nitrogens with two attached hydrogens (primary N) is 1. The molecule has 2 aliphatic rings. The number of alkyl halides is 1. The number of carbonyl (C=O) groups is 1. The van der Waals surface area contributed by atoms with Crippen LogP contribution in [0.3, 0.4) is 0 Å². The van der Waals surface area contributed by atoms with Gasteiger partial charge in [-0.15, -0.1) is 10.2 Å². The van der Waals surface area contributed by atoms with Gasteiger partial charge < -0.3 is 45.0 Å². The van der Waals surface area contributed by atoms with E-state index in [1.54, 1.807) is 31.7 Å². The molecule has 0 saturated carbocycles. The summed E-state index contributed by atoms with van der Waals surface area (Å²) in [5, 5.41) is 26.6. The fourth-order valence-electron chi connectivity index (χ4n) is 8.00. The van der Waals surface area contributed by atoms with E-state index in [0.29, 0.717) is 121 Å². The first-order chi connectivity index (χ1) is 36.3. The van der Waals surface area contributed by atoms with Gasteiger partial charge in [-0.2, -0.15) is 0 Å². The SMILES string of the molecule is CC(C)(C)OC(=O)N1CC(N)C1.CCCc1nc(C)c2c(=O)[nH]c(-c3cc(S(=O)(=O)Cl)ccc3OCC)nn12.CCCc1nc(C)c2c(=O)[nH]c(-c3cc(S(=O)(=O)NC4CN(CCO)C4)ccc3OCC)nn12.OCCBr. The minimum Gasteiger partial charge on any atom is -0.493 e. The number of benzene rings is 2. The van der Waals surface area contributed by atoms with Crippen molar-refractivity contribution in [1.29, 1.82) is 0 Å². The van der Waals surface area contributed by atoms with Crippen LogP contribution < -0.4 is 31.0 Å². The maximum absolute atomic E-state index is 13.0. The number of halogens is 2. The summed E-state index contributed by atoms with van der Waals surface area (Å²) in [4.78, 5) is 54.6. The van der Waals surface area contributed by atoms with Crippen LogP contribution in [0.5, 0.6) is 11.5 Å². The number of H-pyrrole nitrogens is 2. The third-order valence-electron chi connectivity index (χ3n) is 11.4. The highest BCUT2D eigenvalue weighted by Crippen LogP contribution is 2.33. The van der Waals surface area contributed by atoms with Crippen molar-refractivity contribution in [2.75, 3.05) is 64.5 Å². The lowest BCUT2D eigenvalue weighted by atomic mass is 10.1. The number of sulfonamides is 1. The number of fused-ring (bicyclic) bond motifs is 2. The van der Waals surface area contributed by atoms with Crippen LogP contribution in [0, 0.1) is 13.8 Å². The predicted molar refractivity (Wildman–Crippen MR) is 295 cm³/mol. The molecule has 0 bridgehead atoms. The van der Waals surface area contributed by atoms with Gasteiger partial charge in [0.05, 0.1) is 58.7 Å². The van der Waals surface area contributed by atoms with Gasteiger partial charge in [0.1, 0.15) is 28.7 Å². The van der Waals surface area contributed by atoms with Crippen LogP contribution >= 0.6 is 26.6 Å². The van der Waals surface area contributed by atoms with Gasteiger partial charge in [-0.3, -0.25) is 14.5 Å². The monoisotopic (exact) mass is 1200 g/mol. The van der Waals surface area contributed by atoms with Gasteiger partial charge in [-0.25, -0.2) is 45.4 Å². The summed E-state index contributed by atoms with van der Waals surface area (Å²) >= 11 is 3.00. The summed E-state index contributed by atoms with van der Waals surface area (Å²) in [6.45, 7) is 20.5. The van der Waals surface area contributed by atoms with E-state index < -0.39 is 24.7 Å². The number of aryl methyl sites for hydroxylation is 4. The lowest BCUT2D eigenvalue weighted by Gasteiger charge is -2.38. The van der Waals surface area contributed by atoms with E-state index in [0.717, 1.165) is 12.8 Å². The molecule has 424 valence electrons. The lowest BCUT2D eigenvalue weighted by Crippen LogP contribution is -2.59. The second-order valence-corrected chi connectivity index (χ2v) is 23.9. The van der Waals surface area contributed by atoms with Gasteiger partial charge in [0.15, 0.2) is 22.7 Å². The molecule has 2 saturated heterocycles. The quantitative estimate of drug-likeness (QED) is 0.0547. The number of aromatic amines is 2. The van der Waals surface area contributed by atoms with Crippen LogP contribution in [0.2, 0.25) is 0 Å². The molecule has 77 heavy (non-hydrogen) atoms. The molecule has 28 heteroatoms. The van der Waals surface area contributed by atoms with Crippen molar-refractivity contribution in [3.63, 3.8) is 0 Å². The van der Waals surface area contributed by atoms with E-state index in [1.165, 1.54) is 39.4 Å². The topological polar surface area (TPSA) is 324 Å². The van der Waals surface area contributed by atoms with Gasteiger partial charge in [-0.05, 0) is 97.7 Å². The molecule has 2 fully saturated rings. The van der Waals surface area contributed by atoms with Crippen molar-refractivity contribution in [2.45, 2.75) is 115 Å². The predicted octanol–water partition coefficient (Wildman–Crippen LogP) is 4.31. The zero-order chi connectivity index (χ0) is 57.0. The molecule has 24 nitrogen and oxygen atoms in total. The largest absolute Gasteiger partial charge is 0.493 e. The summed E-state index contributed by atoms with van der Waals surface area (Å²) in [7, 11) is -2.31. The standard InChI is InChI=1S/C22H30N6O5S.C17H19ClN4O4S.C8H16N2O2.C2H5BrO/c1-4-6-19-23-14(3)20-22(30)24-21(25-28(19)20)17-11-16(7-8-18(17)33-5-2)34(31,32)26-15-12-27(13-15)9-10-29;1-4-6-14-19-10(3)15-17(23)20-16(21-22(14)15)12-9-11(27(18,24)25)7-8-13(12)26-5-2;1-8(2,3)12-7(11)10-4-6(9)5-10;3-1-2-4/h7-8,11,15,26,29H,4-6,9-10,12-13H2,1-3H3,(H,24,25,30);7-9H,4-6H2,1-3H3,(H,20,21,23);6H,4-5,9H2,1-3H3;4H,1-2H2. The van der Waals surface area contributed by atoms with Crippen molar-refractivity contribution in [2.24, 2.45) is 5.73 Å². The highest BCUT2D eigenvalue weighted by atomic mass is 79.9. The molecule has 2 aliphatic heterocycles. The third kappa shape index (κ3) is 16.3. The summed E-state index contributed by atoms with van der Waals surface area (Å²) < 4.78 is 71.7. The van der Waals surface area contributed by atoms with Crippen molar-refractivity contribution >= 4 is 62.8 Å². The highest BCUT2D eigenvalue weighted by Gasteiger charge is 2.32. The molecule has 6 heterocycles. The number of aromatic nitrogens is 8. The molecule has 8 rings (SSSR count). The zero-order valence-electron chi connectivity index (χ0n) is 44.7. The zero-order valence-corrected chi connectivity index (χ0v) is 48.7. The second kappa shape index (κ2) is 27.4. The van der Waals surface area contributed by atoms with Crippen LogP contribution in [-0.2, 0) is 36.7 Å². The highest BCUT2D eigenvalue weighted by molar-refractivity contribution is 9.09. The van der Waals surface area contributed by atoms with Crippen LogP contribution in [-0.4, -0.2) is 164 Å². The lowest BCUT2D eigenvalue weighted by molar-refractivity contribution is 0.00882. The number of β-amino-alcohol motifs (C(OH)–C–C–N with tert-alkyl or cyclic N) is 1. The van der Waals surface area contributed by atoms with Crippen molar-refractivity contribution < 1.29 is 46.1 Å². The number of nitrogens with one attached hydrogen (secondary N) is 3. The Morgan fingerprint density at radius 1 is 0.792 bits per heavy atom. The van der Waals surface area contributed by atoms with Crippen molar-refractivity contribution in [3.05, 3.63) is 80.1 Å². The molecule has 2 aromatic carbocycles. The molecule has 0 radical (unpaired) electrons. The minimum absolute atomic E-state index is 0.0354. The summed E-state index contributed by atoms with van der Waals surface area (Å²) in [6.07, 6.45) is 2.72. The summed E-state index contributed by atoms with van der Waals surface area (Å²) in [6, 6.07) is 8.58. The van der Waals surface area contributed by atoms with E-state index >= 15 is 0 Å². The number of amides is 1. The Morgan fingerprint density at radius 2 is 1.25 bits per heavy atom. The molecule has 1 amide bonds. The number of hydrogen-bond acceptors (Lipinski definition) is 18. The Labute approximate surface area is 460 Å². The van der Waals surface area contributed by atoms with E-state index in [4.69, 9.17) is 40.8 Å². The number of nitrogens with zero attached hydrogens (tertiary/aromatic N) is 8. The van der Waals surface area contributed by atoms with Crippen molar-refractivity contribution in [3.8, 4) is 34.3 Å². The molecule has 0 aliphatic carbocycles. The smallest absolute Gasteiger partial charge is 0.410 e. The average molecular weight is 1200 g/mol. The van der Waals surface area contributed by atoms with E-state index in [-0.39, 0.29) is 63.9 Å². The molecule has 0 atom stereocenters. The molecular formula is C49H70BrClN12O12S2. The summed E-state index contributed by atoms with van der Waals surface area (Å²) in [5.41, 5.74) is 6.99. The fraction of sp³-hybridized carbons (Fsp3) is 0.531. The van der Waals surface area contributed by atoms with Crippen LogP contribution in [0.15, 0.2) is 55.8 Å². The average Bonchev–Trinajstić information content (AvgIpc) is 3.84. The normalized spacial score (nSPS) is 14.1. The molecule has 7 N–H and O–H groups in total. The Morgan fingerprint density at radius 3 is 1.64 bits per heavy atom. The Balaban J connectivity index is 0.000000225. The van der Waals surface area contributed by atoms with Gasteiger partial charge in [0.2, 0.25) is 10.0 Å². The van der Waals surface area contributed by atoms with Crippen LogP contribution in [0.4, 0.5) is 4.79 Å². The molecule has 0 spiro atoms. The number of imidazole rings is 2. The van der Waals surface area contributed by atoms with Crippen LogP contribution in [0.25, 0.3) is 33.8 Å². The molecule has 4 aromatic heterocycles. The number of rotatable bonds is 17. The number of carbonyl (C=O) groups excluding carboxylic acids is 1. The van der Waals surface area contributed by atoms with Gasteiger partial charge in [0.25, 0.3) is 20.2 Å². The number of aliphatic hydroxyl groups excluding tert-OH is 2. The van der Waals surface area contributed by atoms with E-state index in [1.807, 2.05) is 46.4 Å². The van der Waals surface area contributed by atoms with Gasteiger partial charge in [0, 0.05) is 73.7 Å².